The van der Waals surface area contributed by atoms with Crippen LogP contribution in [-0.4, -0.2) is 24.4 Å². The van der Waals surface area contributed by atoms with Crippen LogP contribution in [0.1, 0.15) is 24.1 Å². The lowest BCUT2D eigenvalue weighted by Crippen LogP contribution is -2.20. The van der Waals surface area contributed by atoms with Crippen LogP contribution < -0.4 is 22.5 Å². The molecule has 0 radical (unpaired) electrons. The summed E-state index contributed by atoms with van der Waals surface area (Å²) in [5.41, 5.74) is 20.5. The van der Waals surface area contributed by atoms with Crippen molar-refractivity contribution in [2.24, 2.45) is 16.5 Å². The first-order valence-electron chi connectivity index (χ1n) is 7.67. The van der Waals surface area contributed by atoms with Crippen molar-refractivity contribution in [1.82, 2.24) is 5.32 Å². The lowest BCUT2D eigenvalue weighted by molar-refractivity contribution is -0.130. The molecule has 0 aliphatic rings. The summed E-state index contributed by atoms with van der Waals surface area (Å²) < 4.78 is 0. The van der Waals surface area contributed by atoms with Gasteiger partial charge >= 0.3 is 0 Å². The largest absolute Gasteiger partial charge is 0.398 e. The number of aliphatic imine (C=N–C) groups is 1. The molecule has 0 bridgehead atoms. The molecule has 0 saturated carbocycles. The number of amides is 1. The van der Waals surface area contributed by atoms with Gasteiger partial charge in [0.05, 0.1) is 6.04 Å². The summed E-state index contributed by atoms with van der Waals surface area (Å²) in [5.74, 6) is -0.599. The normalized spacial score (nSPS) is 13.8. The zero-order valence-electron chi connectivity index (χ0n) is 14.3. The number of benzene rings is 1. The molecular formula is C18H22N6O2. The Morgan fingerprint density at radius 1 is 1.38 bits per heavy atom. The van der Waals surface area contributed by atoms with Crippen molar-refractivity contribution in [1.29, 1.82) is 5.41 Å². The fraction of sp³-hybridized carbons (Fsp3) is 0.111. The third kappa shape index (κ3) is 5.84. The number of anilines is 1. The molecule has 0 aliphatic heterocycles. The van der Waals surface area contributed by atoms with Gasteiger partial charge < -0.3 is 22.5 Å². The predicted octanol–water partition coefficient (Wildman–Crippen LogP) is 0.912. The van der Waals surface area contributed by atoms with Crippen LogP contribution in [0.5, 0.6) is 0 Å². The second-order valence-corrected chi connectivity index (χ2v) is 5.12. The summed E-state index contributed by atoms with van der Waals surface area (Å²) in [6.45, 7) is 1.85. The summed E-state index contributed by atoms with van der Waals surface area (Å²) in [4.78, 5) is 25.1. The van der Waals surface area contributed by atoms with Crippen molar-refractivity contribution in [3.05, 3.63) is 65.4 Å². The quantitative estimate of drug-likeness (QED) is 0.117. The van der Waals surface area contributed by atoms with Crippen LogP contribution in [0.2, 0.25) is 0 Å². The molecular weight excluding hydrogens is 332 g/mol. The second-order valence-electron chi connectivity index (χ2n) is 5.12. The molecule has 0 heterocycles. The number of hydrogen-bond acceptors (Lipinski definition) is 5. The van der Waals surface area contributed by atoms with Gasteiger partial charge in [0.1, 0.15) is 12.2 Å². The van der Waals surface area contributed by atoms with Gasteiger partial charge in [-0.1, -0.05) is 18.2 Å². The lowest BCUT2D eigenvalue weighted by Gasteiger charge is -2.17. The number of amidine groups is 1. The van der Waals surface area contributed by atoms with E-state index in [0.29, 0.717) is 22.4 Å². The molecule has 1 unspecified atom stereocenters. The number of aldehydes is 1. The molecule has 8 nitrogen and oxygen atoms in total. The molecule has 0 fully saturated rings. The van der Waals surface area contributed by atoms with Crippen LogP contribution in [0, 0.1) is 5.41 Å². The number of hydrogen-bond donors (Lipinski definition) is 5. The molecule has 0 saturated heterocycles. The maximum Gasteiger partial charge on any atom is 0.288 e. The molecule has 136 valence electrons. The van der Waals surface area contributed by atoms with Gasteiger partial charge in [0.2, 0.25) is 6.29 Å². The zero-order chi connectivity index (χ0) is 19.5. The van der Waals surface area contributed by atoms with E-state index < -0.39 is 11.9 Å². The third-order valence-electron chi connectivity index (χ3n) is 3.37. The van der Waals surface area contributed by atoms with Gasteiger partial charge in [-0.15, -0.1) is 0 Å². The molecule has 8 N–H and O–H groups in total. The van der Waals surface area contributed by atoms with Crippen LogP contribution in [-0.2, 0) is 9.59 Å². The molecule has 1 aromatic carbocycles. The highest BCUT2D eigenvalue weighted by atomic mass is 16.2. The summed E-state index contributed by atoms with van der Waals surface area (Å²) in [6.07, 6.45) is 9.29. The van der Waals surface area contributed by atoms with E-state index in [2.05, 4.69) is 10.3 Å². The van der Waals surface area contributed by atoms with Crippen LogP contribution >= 0.6 is 0 Å². The first-order chi connectivity index (χ1) is 12.4. The molecule has 0 aromatic heterocycles. The molecule has 26 heavy (non-hydrogen) atoms. The van der Waals surface area contributed by atoms with E-state index in [9.17, 15) is 9.59 Å². The number of nitrogens with one attached hydrogen (secondary N) is 2. The first kappa shape index (κ1) is 20.5. The van der Waals surface area contributed by atoms with Gasteiger partial charge in [-0.3, -0.25) is 15.0 Å². The van der Waals surface area contributed by atoms with E-state index in [1.807, 2.05) is 13.0 Å². The number of carbonyl (C=O) groups excluding carboxylic acids is 2. The Morgan fingerprint density at radius 2 is 2.12 bits per heavy atom. The Labute approximate surface area is 151 Å². The fourth-order valence-corrected chi connectivity index (χ4v) is 2.05. The van der Waals surface area contributed by atoms with Crippen molar-refractivity contribution in [3.8, 4) is 0 Å². The van der Waals surface area contributed by atoms with Crippen LogP contribution in [0.3, 0.4) is 0 Å². The summed E-state index contributed by atoms with van der Waals surface area (Å²) in [6, 6.07) is 4.41. The summed E-state index contributed by atoms with van der Waals surface area (Å²) in [7, 11) is 0. The number of nitrogens with two attached hydrogens (primary N) is 3. The molecule has 1 rings (SSSR count). The third-order valence-corrected chi connectivity index (χ3v) is 3.37. The van der Waals surface area contributed by atoms with Crippen LogP contribution in [0.25, 0.3) is 0 Å². The van der Waals surface area contributed by atoms with Crippen molar-refractivity contribution in [3.63, 3.8) is 0 Å². The molecule has 1 atom stereocenters. The standard InChI is InChI=1S/C18H22N6O2/c1-2-3-4-12(7-8-23-16(26)10-25)17(21)14-9-13(5-6-15(14)20)18(22)24-11-19/h2-11,17H,20-21H2,1H3,(H,23,26)(H3,19,22,24)/b3-2-,8-7+,12-4+. The number of nitrogen functional groups attached to an aromatic ring is 1. The molecule has 0 aliphatic carbocycles. The Balaban J connectivity index is 3.25. The fourth-order valence-electron chi connectivity index (χ4n) is 2.05. The minimum atomic E-state index is -0.766. The van der Waals surface area contributed by atoms with Crippen LogP contribution in [0.4, 0.5) is 5.69 Å². The van der Waals surface area contributed by atoms with E-state index in [1.54, 1.807) is 36.4 Å². The average Bonchev–Trinajstić information content (AvgIpc) is 2.64. The first-order valence-corrected chi connectivity index (χ1v) is 7.67. The van der Waals surface area contributed by atoms with E-state index in [4.69, 9.17) is 22.6 Å². The number of nitrogens with zero attached hydrogens (tertiary/aromatic N) is 1. The van der Waals surface area contributed by atoms with Gasteiger partial charge in [-0.2, -0.15) is 0 Å². The Kier molecular flexibility index (Phi) is 8.18. The second kappa shape index (κ2) is 10.4. The number of rotatable bonds is 8. The van der Waals surface area contributed by atoms with E-state index >= 15 is 0 Å². The SMILES string of the molecule is C\C=C/C=C(\C=C\NC(=O)C=O)C(N)c1cc(C(N)=NC=N)ccc1N. The highest BCUT2D eigenvalue weighted by molar-refractivity contribution is 6.23. The molecule has 1 amide bonds. The predicted molar refractivity (Wildman–Crippen MR) is 104 cm³/mol. The minimum Gasteiger partial charge on any atom is -0.398 e. The van der Waals surface area contributed by atoms with E-state index in [0.717, 1.165) is 6.34 Å². The Morgan fingerprint density at radius 3 is 2.73 bits per heavy atom. The average molecular weight is 354 g/mol. The van der Waals surface area contributed by atoms with Gasteiger partial charge in [0.15, 0.2) is 0 Å². The monoisotopic (exact) mass is 354 g/mol. The van der Waals surface area contributed by atoms with Crippen molar-refractivity contribution in [2.45, 2.75) is 13.0 Å². The topological polar surface area (TPSA) is 160 Å². The molecule has 1 aromatic rings. The van der Waals surface area contributed by atoms with E-state index in [-0.39, 0.29) is 12.1 Å². The number of carbonyl (C=O) groups is 2. The van der Waals surface area contributed by atoms with Crippen LogP contribution in [0.15, 0.2) is 59.3 Å². The van der Waals surface area contributed by atoms with Gasteiger partial charge in [0, 0.05) is 17.5 Å². The maximum atomic E-state index is 11.0. The highest BCUT2D eigenvalue weighted by Gasteiger charge is 2.14. The molecule has 0 spiro atoms. The van der Waals surface area contributed by atoms with E-state index in [1.165, 1.54) is 6.20 Å². The van der Waals surface area contributed by atoms with Crippen molar-refractivity contribution < 1.29 is 9.59 Å². The highest BCUT2D eigenvalue weighted by Crippen LogP contribution is 2.26. The Hall–Kier alpha value is -3.52. The van der Waals surface area contributed by atoms with Gasteiger partial charge in [0.25, 0.3) is 5.91 Å². The maximum absolute atomic E-state index is 11.0. The smallest absolute Gasteiger partial charge is 0.288 e. The number of allylic oxidation sites excluding steroid dienone is 3. The summed E-state index contributed by atoms with van der Waals surface area (Å²) in [5, 5.41) is 9.31. The van der Waals surface area contributed by atoms with Gasteiger partial charge in [-0.25, -0.2) is 4.99 Å². The zero-order valence-corrected chi connectivity index (χ0v) is 14.3. The summed E-state index contributed by atoms with van der Waals surface area (Å²) >= 11 is 0. The molecule has 8 heteroatoms. The minimum absolute atomic E-state index is 0.168. The van der Waals surface area contributed by atoms with Gasteiger partial charge in [-0.05, 0) is 42.3 Å². The lowest BCUT2D eigenvalue weighted by atomic mass is 9.95. The van der Waals surface area contributed by atoms with Crippen molar-refractivity contribution in [2.75, 3.05) is 5.73 Å². The Bertz CT molecular complexity index is 793. The van der Waals surface area contributed by atoms with Crippen molar-refractivity contribution >= 4 is 30.1 Å².